The van der Waals surface area contributed by atoms with Gasteiger partial charge in [-0.15, -0.1) is 0 Å². The predicted octanol–water partition coefficient (Wildman–Crippen LogP) is 6.36. The Morgan fingerprint density at radius 1 is 1.06 bits per heavy atom. The minimum Gasteiger partial charge on any atom is -0.505 e. The molecule has 12 nitrogen and oxygen atoms in total. The van der Waals surface area contributed by atoms with Crippen LogP contribution in [0.1, 0.15) is 62.6 Å². The van der Waals surface area contributed by atoms with Gasteiger partial charge >= 0.3 is 6.18 Å². The predicted molar refractivity (Wildman–Crippen MR) is 206 cm³/mol. The summed E-state index contributed by atoms with van der Waals surface area (Å²) in [7, 11) is 0. The number of aryl methyl sites for hydroxylation is 2. The number of carbonyl (C=O) groups is 2. The van der Waals surface area contributed by atoms with E-state index in [4.69, 9.17) is 17.3 Å². The molecule has 288 valence electrons. The lowest BCUT2D eigenvalue weighted by Gasteiger charge is -2.37. The Balaban J connectivity index is 1.73. The Bertz CT molecular complexity index is 2080. The van der Waals surface area contributed by atoms with E-state index in [1.165, 1.54) is 15.7 Å². The van der Waals surface area contributed by atoms with Gasteiger partial charge in [-0.2, -0.15) is 23.1 Å². The number of anilines is 2. The molecule has 0 aliphatic carbocycles. The van der Waals surface area contributed by atoms with Crippen LogP contribution in [0.15, 0.2) is 74.8 Å². The van der Waals surface area contributed by atoms with Crippen molar-refractivity contribution in [1.29, 1.82) is 0 Å². The summed E-state index contributed by atoms with van der Waals surface area (Å²) in [5.41, 5.74) is 8.37. The summed E-state index contributed by atoms with van der Waals surface area (Å²) in [6, 6.07) is 8.27. The fraction of sp³-hybridized carbons (Fsp3) is 0.368. The number of aromatic nitrogens is 2. The molecular weight excluding hydrogens is 725 g/mol. The lowest BCUT2D eigenvalue weighted by molar-refractivity contribution is -0.137. The molecule has 54 heavy (non-hydrogen) atoms. The number of hydrogen-bond donors (Lipinski definition) is 3. The first-order valence-corrected chi connectivity index (χ1v) is 17.8. The monoisotopic (exact) mass is 768 g/mol. The van der Waals surface area contributed by atoms with Gasteiger partial charge in [0.1, 0.15) is 23.8 Å². The number of amides is 2. The average Bonchev–Trinajstić information content (AvgIpc) is 3.14. The van der Waals surface area contributed by atoms with E-state index in [9.17, 15) is 32.7 Å². The van der Waals surface area contributed by atoms with Gasteiger partial charge in [0.2, 0.25) is 11.9 Å². The molecule has 0 bridgehead atoms. The zero-order chi connectivity index (χ0) is 39.9. The molecule has 1 saturated heterocycles. The number of allylic oxidation sites excluding steroid dienone is 1. The van der Waals surface area contributed by atoms with Crippen LogP contribution in [0, 0.1) is 0 Å². The zero-order valence-corrected chi connectivity index (χ0v) is 31.6. The van der Waals surface area contributed by atoms with Crippen molar-refractivity contribution >= 4 is 52.8 Å². The molecule has 4 rings (SSSR count). The topological polar surface area (TPSA) is 159 Å². The third-order valence-corrected chi connectivity index (χ3v) is 9.34. The van der Waals surface area contributed by atoms with Crippen LogP contribution in [0.3, 0.4) is 0 Å². The summed E-state index contributed by atoms with van der Waals surface area (Å²) in [5.74, 6) is -1.58. The quantitative estimate of drug-likeness (QED) is 0.0636. The molecule has 0 atom stereocenters. The van der Waals surface area contributed by atoms with Crippen LogP contribution >= 0.6 is 11.6 Å². The molecule has 0 radical (unpaired) electrons. The maximum absolute atomic E-state index is 13.8. The van der Waals surface area contributed by atoms with Gasteiger partial charge in [0.25, 0.3) is 11.5 Å². The molecule has 1 aliphatic heterocycles. The number of nitrogens with two attached hydrogens (primary N) is 1. The maximum Gasteiger partial charge on any atom is 0.416 e. The second-order valence-corrected chi connectivity index (χ2v) is 12.9. The molecule has 0 spiro atoms. The summed E-state index contributed by atoms with van der Waals surface area (Å²) >= 11 is 6.13. The first kappa shape index (κ1) is 41.3. The van der Waals surface area contributed by atoms with Crippen molar-refractivity contribution in [2.45, 2.75) is 66.6 Å². The summed E-state index contributed by atoms with van der Waals surface area (Å²) in [6.07, 6.45) is -1.33. The number of amidine groups is 1. The fourth-order valence-corrected chi connectivity index (χ4v) is 6.39. The number of benzene rings is 2. The second kappa shape index (κ2) is 17.6. The van der Waals surface area contributed by atoms with Crippen molar-refractivity contribution in [2.75, 3.05) is 36.4 Å². The third-order valence-electron chi connectivity index (χ3n) is 9.03. The van der Waals surface area contributed by atoms with Crippen LogP contribution in [0.2, 0.25) is 5.02 Å². The lowest BCUT2D eigenvalue weighted by atomic mass is 10.00. The molecule has 1 aliphatic rings. The Labute approximate surface area is 316 Å². The minimum absolute atomic E-state index is 0.0467. The minimum atomic E-state index is -4.63. The van der Waals surface area contributed by atoms with Gasteiger partial charge in [-0.1, -0.05) is 51.1 Å². The molecule has 1 aromatic heterocycles. The van der Waals surface area contributed by atoms with Crippen LogP contribution in [0.25, 0.3) is 0 Å². The van der Waals surface area contributed by atoms with E-state index >= 15 is 0 Å². The van der Waals surface area contributed by atoms with E-state index in [0.29, 0.717) is 11.3 Å². The van der Waals surface area contributed by atoms with Gasteiger partial charge in [0.15, 0.2) is 0 Å². The van der Waals surface area contributed by atoms with Crippen molar-refractivity contribution in [3.8, 4) is 0 Å². The van der Waals surface area contributed by atoms with E-state index in [2.05, 4.69) is 26.9 Å². The first-order chi connectivity index (χ1) is 25.5. The van der Waals surface area contributed by atoms with Crippen molar-refractivity contribution in [1.82, 2.24) is 14.5 Å². The summed E-state index contributed by atoms with van der Waals surface area (Å²) in [4.78, 5) is 56.6. The lowest BCUT2D eigenvalue weighted by Crippen LogP contribution is -2.51. The Hall–Kier alpha value is -5.44. The summed E-state index contributed by atoms with van der Waals surface area (Å²) in [5, 5.41) is 12.7. The fourth-order valence-electron chi connectivity index (χ4n) is 6.16. The number of rotatable bonds is 12. The molecule has 2 heterocycles. The largest absolute Gasteiger partial charge is 0.505 e. The Kier molecular flexibility index (Phi) is 13.5. The van der Waals surface area contributed by atoms with Gasteiger partial charge in [0, 0.05) is 38.0 Å². The number of nitrogens with zero attached hydrogens (tertiary/aromatic N) is 6. The van der Waals surface area contributed by atoms with Crippen LogP contribution in [-0.2, 0) is 41.6 Å². The molecule has 3 aromatic rings. The van der Waals surface area contributed by atoms with Crippen LogP contribution in [-0.4, -0.2) is 69.6 Å². The highest BCUT2D eigenvalue weighted by molar-refractivity contribution is 6.33. The number of hydrogen-bond acceptors (Lipinski definition) is 8. The number of carbonyl (C=O) groups excluding carboxylic acids is 2. The molecule has 2 amide bonds. The Morgan fingerprint density at radius 2 is 1.72 bits per heavy atom. The maximum atomic E-state index is 13.8. The molecule has 4 N–H and O–H groups in total. The number of aliphatic hydroxyl groups is 1. The van der Waals surface area contributed by atoms with Crippen molar-refractivity contribution in [2.24, 2.45) is 15.7 Å². The standard InChI is InChI=1S/C38H44ClF3N8O4/c1-7-24-11-12-26(19-25(24)8-2)34(43)46-37-47-35(53)32(48-15-17-49(18-16-48)36(54)22(5)33(52)23(6)44-10-4)30(9-3)50(37)21-31(51)45-29-14-13-27(20-28(29)39)38(40,41)42/h10-14,19-20,52H,5,7-9,15-18,21H2,1-4,6H3,(H,45,51)(H2,43,46,47,53)/b33-23+,44-10?. The van der Waals surface area contributed by atoms with Gasteiger partial charge < -0.3 is 30.5 Å². The van der Waals surface area contributed by atoms with Crippen molar-refractivity contribution < 1.29 is 27.9 Å². The normalized spacial score (nSPS) is 14.4. The van der Waals surface area contributed by atoms with Crippen LogP contribution in [0.4, 0.5) is 30.5 Å². The first-order valence-electron chi connectivity index (χ1n) is 17.4. The number of alkyl halides is 3. The number of halogens is 4. The summed E-state index contributed by atoms with van der Waals surface area (Å²) < 4.78 is 41.2. The second-order valence-electron chi connectivity index (χ2n) is 12.5. The van der Waals surface area contributed by atoms with E-state index in [0.717, 1.165) is 42.2 Å². The molecule has 2 aromatic carbocycles. The van der Waals surface area contributed by atoms with Gasteiger partial charge in [-0.3, -0.25) is 19.4 Å². The molecule has 0 saturated carbocycles. The van der Waals surface area contributed by atoms with E-state index in [-0.39, 0.29) is 77.8 Å². The molecule has 1 fully saturated rings. The highest BCUT2D eigenvalue weighted by atomic mass is 35.5. The molecular formula is C38H44ClF3N8O4. The number of piperazine rings is 1. The van der Waals surface area contributed by atoms with E-state index in [1.807, 2.05) is 32.0 Å². The SMILES string of the molecule is C=C(C(=O)N1CCN(c2c(CC)n(CC(=O)Nc3ccc(C(F)(F)F)cc3Cl)c(/N=C(\N)c3ccc(CC)c(CC)c3)nc2=O)CC1)/C(O)=C(/C)N=CC. The van der Waals surface area contributed by atoms with Crippen molar-refractivity contribution in [3.63, 3.8) is 0 Å². The number of aliphatic hydroxyl groups excluding tert-OH is 1. The average molecular weight is 769 g/mol. The van der Waals surface area contributed by atoms with Gasteiger partial charge in [-0.05, 0) is 68.5 Å². The van der Waals surface area contributed by atoms with Gasteiger partial charge in [-0.25, -0.2) is 0 Å². The van der Waals surface area contributed by atoms with Gasteiger partial charge in [0.05, 0.1) is 33.2 Å². The van der Waals surface area contributed by atoms with Crippen LogP contribution in [0.5, 0.6) is 0 Å². The van der Waals surface area contributed by atoms with Crippen LogP contribution < -0.4 is 21.5 Å². The van der Waals surface area contributed by atoms with E-state index in [1.54, 1.807) is 25.7 Å². The Morgan fingerprint density at radius 3 is 2.30 bits per heavy atom. The molecule has 0 unspecified atom stereocenters. The zero-order valence-electron chi connectivity index (χ0n) is 30.8. The third kappa shape index (κ3) is 9.37. The van der Waals surface area contributed by atoms with Crippen molar-refractivity contribution in [3.05, 3.63) is 103 Å². The molecule has 16 heteroatoms. The number of nitrogens with one attached hydrogen (secondary N) is 1. The highest BCUT2D eigenvalue weighted by Crippen LogP contribution is 2.34. The summed E-state index contributed by atoms with van der Waals surface area (Å²) in [6.45, 7) is 13.2. The smallest absolute Gasteiger partial charge is 0.416 e. The van der Waals surface area contributed by atoms with E-state index < -0.39 is 35.7 Å². The highest BCUT2D eigenvalue weighted by Gasteiger charge is 2.32. The number of aliphatic imine (C=N–C) groups is 2.